The maximum Gasteiger partial charge on any atom is 0.306 e. The molecule has 0 heterocycles. The van der Waals surface area contributed by atoms with E-state index in [1.807, 2.05) is 0 Å². The summed E-state index contributed by atoms with van der Waals surface area (Å²) in [5, 5.41) is 0. The summed E-state index contributed by atoms with van der Waals surface area (Å²) in [4.78, 5) is 38.0. The molecule has 0 spiro atoms. The molecule has 0 aliphatic carbocycles. The van der Waals surface area contributed by atoms with Crippen molar-refractivity contribution in [2.45, 2.75) is 271 Å². The Morgan fingerprint density at radius 1 is 0.308 bits per heavy atom. The average molecular weight is 907 g/mol. The van der Waals surface area contributed by atoms with E-state index in [4.69, 9.17) is 14.2 Å². The first kappa shape index (κ1) is 61.9. The third-order valence-electron chi connectivity index (χ3n) is 11.7. The minimum atomic E-state index is -0.803. The first-order valence-electron chi connectivity index (χ1n) is 27.4. The summed E-state index contributed by atoms with van der Waals surface area (Å²) in [5.74, 6) is -0.965. The van der Waals surface area contributed by atoms with Crippen molar-refractivity contribution in [2.75, 3.05) is 13.2 Å². The van der Waals surface area contributed by atoms with Crippen molar-refractivity contribution in [3.63, 3.8) is 0 Å². The molecule has 0 aliphatic heterocycles. The number of ether oxygens (including phenoxy) is 3. The summed E-state index contributed by atoms with van der Waals surface area (Å²) < 4.78 is 16.8. The molecule has 0 saturated heterocycles. The van der Waals surface area contributed by atoms with Gasteiger partial charge in [-0.15, -0.1) is 0 Å². The summed E-state index contributed by atoms with van der Waals surface area (Å²) in [6.45, 7) is 6.54. The van der Waals surface area contributed by atoms with Crippen LogP contribution in [0.2, 0.25) is 0 Å². The van der Waals surface area contributed by atoms with Crippen LogP contribution < -0.4 is 0 Å². The van der Waals surface area contributed by atoms with Crippen molar-refractivity contribution in [3.8, 4) is 0 Å². The number of hydrogen-bond donors (Lipinski definition) is 0. The molecule has 0 aromatic heterocycles. The second-order valence-corrected chi connectivity index (χ2v) is 18.1. The third-order valence-corrected chi connectivity index (χ3v) is 11.7. The summed E-state index contributed by atoms with van der Waals surface area (Å²) in [6.07, 6.45) is 67.5. The maximum absolute atomic E-state index is 12.8. The lowest BCUT2D eigenvalue weighted by atomic mass is 10.1. The summed E-state index contributed by atoms with van der Waals surface area (Å²) in [5.41, 5.74) is 0. The molecule has 1 atom stereocenters. The Kier molecular flexibility index (Phi) is 50.9. The quantitative estimate of drug-likeness (QED) is 0.0262. The van der Waals surface area contributed by atoms with Gasteiger partial charge in [0.25, 0.3) is 0 Å². The van der Waals surface area contributed by atoms with Gasteiger partial charge in [-0.1, -0.05) is 209 Å². The molecule has 0 radical (unpaired) electrons. The molecule has 0 aromatic carbocycles. The number of carbonyl (C=O) groups is 3. The topological polar surface area (TPSA) is 78.9 Å². The fraction of sp³-hybridized carbons (Fsp3) is 0.746. The molecule has 0 aliphatic rings. The SMILES string of the molecule is CCCCC/C=C\C/C=C\C/C=C\C/C=C\CCCC(=O)OC[C@H](COC(=O)CCCCCCCCC/C=C\CCCCCCCC)OC(=O)CCCCCCC/C=C\CCCCCC. The van der Waals surface area contributed by atoms with Crippen molar-refractivity contribution in [1.82, 2.24) is 0 Å². The van der Waals surface area contributed by atoms with Gasteiger partial charge in [0.2, 0.25) is 0 Å². The maximum atomic E-state index is 12.8. The van der Waals surface area contributed by atoms with Gasteiger partial charge in [-0.3, -0.25) is 14.4 Å². The predicted molar refractivity (Wildman–Crippen MR) is 279 cm³/mol. The minimum absolute atomic E-state index is 0.0976. The summed E-state index contributed by atoms with van der Waals surface area (Å²) >= 11 is 0. The Labute approximate surface area is 402 Å². The van der Waals surface area contributed by atoms with E-state index in [0.29, 0.717) is 19.3 Å². The molecule has 374 valence electrons. The van der Waals surface area contributed by atoms with Crippen LogP contribution in [0.3, 0.4) is 0 Å². The number of carbonyl (C=O) groups excluding carboxylic acids is 3. The zero-order valence-electron chi connectivity index (χ0n) is 42.7. The zero-order valence-corrected chi connectivity index (χ0v) is 42.7. The highest BCUT2D eigenvalue weighted by molar-refractivity contribution is 5.71. The first-order valence-corrected chi connectivity index (χ1v) is 27.4. The van der Waals surface area contributed by atoms with Gasteiger partial charge in [0.15, 0.2) is 6.10 Å². The van der Waals surface area contributed by atoms with Crippen LogP contribution in [-0.4, -0.2) is 37.2 Å². The van der Waals surface area contributed by atoms with E-state index in [1.165, 1.54) is 141 Å². The molecule has 6 nitrogen and oxygen atoms in total. The highest BCUT2D eigenvalue weighted by Crippen LogP contribution is 2.14. The Morgan fingerprint density at radius 2 is 0.569 bits per heavy atom. The highest BCUT2D eigenvalue weighted by Gasteiger charge is 2.19. The first-order chi connectivity index (χ1) is 32.0. The smallest absolute Gasteiger partial charge is 0.306 e. The number of unbranched alkanes of at least 4 members (excludes halogenated alkanes) is 26. The van der Waals surface area contributed by atoms with Crippen LogP contribution in [0.4, 0.5) is 0 Å². The van der Waals surface area contributed by atoms with E-state index in [-0.39, 0.29) is 37.5 Å². The molecule has 0 amide bonds. The molecule has 6 heteroatoms. The zero-order chi connectivity index (χ0) is 47.2. The molecule has 0 saturated carbocycles. The highest BCUT2D eigenvalue weighted by atomic mass is 16.6. The fourth-order valence-electron chi connectivity index (χ4n) is 7.48. The Bertz CT molecular complexity index is 1230. The Hall–Kier alpha value is -3.15. The molecule has 0 rings (SSSR count). The predicted octanol–water partition coefficient (Wildman–Crippen LogP) is 18.2. The van der Waals surface area contributed by atoms with Crippen LogP contribution in [0.25, 0.3) is 0 Å². The van der Waals surface area contributed by atoms with Gasteiger partial charge in [0, 0.05) is 19.3 Å². The molecular formula is C59H102O6. The number of rotatable bonds is 49. The van der Waals surface area contributed by atoms with Crippen molar-refractivity contribution in [2.24, 2.45) is 0 Å². The third kappa shape index (κ3) is 51.7. The van der Waals surface area contributed by atoms with Gasteiger partial charge in [0.05, 0.1) is 0 Å². The van der Waals surface area contributed by atoms with Crippen LogP contribution in [0.15, 0.2) is 72.9 Å². The molecule has 0 N–H and O–H groups in total. The van der Waals surface area contributed by atoms with Crippen LogP contribution in [-0.2, 0) is 28.6 Å². The van der Waals surface area contributed by atoms with E-state index in [0.717, 1.165) is 77.0 Å². The fourth-order valence-corrected chi connectivity index (χ4v) is 7.48. The van der Waals surface area contributed by atoms with Gasteiger partial charge in [-0.25, -0.2) is 0 Å². The van der Waals surface area contributed by atoms with E-state index in [9.17, 15) is 14.4 Å². The van der Waals surface area contributed by atoms with Gasteiger partial charge in [-0.05, 0) is 109 Å². The van der Waals surface area contributed by atoms with E-state index >= 15 is 0 Å². The van der Waals surface area contributed by atoms with Gasteiger partial charge in [0.1, 0.15) is 13.2 Å². The van der Waals surface area contributed by atoms with E-state index in [2.05, 4.69) is 93.7 Å². The lowest BCUT2D eigenvalue weighted by Gasteiger charge is -2.18. The van der Waals surface area contributed by atoms with Crippen molar-refractivity contribution in [1.29, 1.82) is 0 Å². The Balaban J connectivity index is 4.46. The van der Waals surface area contributed by atoms with Crippen LogP contribution in [0.1, 0.15) is 265 Å². The van der Waals surface area contributed by atoms with Crippen molar-refractivity contribution in [3.05, 3.63) is 72.9 Å². The molecule has 0 bridgehead atoms. The molecule has 65 heavy (non-hydrogen) atoms. The Morgan fingerprint density at radius 3 is 0.985 bits per heavy atom. The van der Waals surface area contributed by atoms with Gasteiger partial charge < -0.3 is 14.2 Å². The number of allylic oxidation sites excluding steroid dienone is 12. The molecule has 0 fully saturated rings. The molecular weight excluding hydrogens is 805 g/mol. The lowest BCUT2D eigenvalue weighted by Crippen LogP contribution is -2.30. The number of esters is 3. The number of hydrogen-bond acceptors (Lipinski definition) is 6. The van der Waals surface area contributed by atoms with Crippen molar-refractivity contribution < 1.29 is 28.6 Å². The van der Waals surface area contributed by atoms with Crippen LogP contribution in [0.5, 0.6) is 0 Å². The van der Waals surface area contributed by atoms with Gasteiger partial charge in [-0.2, -0.15) is 0 Å². The largest absolute Gasteiger partial charge is 0.462 e. The standard InChI is InChI=1S/C59H102O6/c1-4-7-10-13-16-19-22-25-27-29-31-34-36-39-42-45-48-51-57(60)63-54-56(65-59(62)53-50-47-44-41-38-33-24-21-18-15-12-9-6-3)55-64-58(61)52-49-46-43-40-37-35-32-30-28-26-23-20-17-14-11-8-5-2/h16,19,21,24-28,31,34,39,42,56H,4-15,17-18,20,22-23,29-30,32-33,35-38,40-41,43-55H2,1-3H3/b19-16-,24-21-,27-25-,28-26-,34-31-,42-39-/t56-/m1/s1. The average Bonchev–Trinajstić information content (AvgIpc) is 3.30. The second-order valence-electron chi connectivity index (χ2n) is 18.1. The normalized spacial score (nSPS) is 12.6. The van der Waals surface area contributed by atoms with Crippen LogP contribution in [0, 0.1) is 0 Å². The van der Waals surface area contributed by atoms with Crippen LogP contribution >= 0.6 is 0 Å². The summed E-state index contributed by atoms with van der Waals surface area (Å²) in [7, 11) is 0. The lowest BCUT2D eigenvalue weighted by molar-refractivity contribution is -0.167. The van der Waals surface area contributed by atoms with E-state index in [1.54, 1.807) is 0 Å². The molecule has 0 aromatic rings. The summed E-state index contributed by atoms with van der Waals surface area (Å²) in [6, 6.07) is 0. The molecule has 0 unspecified atom stereocenters. The monoisotopic (exact) mass is 907 g/mol. The van der Waals surface area contributed by atoms with Gasteiger partial charge >= 0.3 is 17.9 Å². The van der Waals surface area contributed by atoms with Crippen molar-refractivity contribution >= 4 is 17.9 Å². The minimum Gasteiger partial charge on any atom is -0.462 e. The second kappa shape index (κ2) is 53.5. The van der Waals surface area contributed by atoms with E-state index < -0.39 is 6.10 Å².